The van der Waals surface area contributed by atoms with Crippen LogP contribution in [0.4, 0.5) is 0 Å². The van der Waals surface area contributed by atoms with E-state index < -0.39 is 22.3 Å². The van der Waals surface area contributed by atoms with E-state index in [0.717, 1.165) is 0 Å². The zero-order valence-electron chi connectivity index (χ0n) is 7.62. The van der Waals surface area contributed by atoms with Gasteiger partial charge in [0, 0.05) is 0 Å². The number of hydrogen-bond donors (Lipinski definition) is 0. The molecule has 5 nitrogen and oxygen atoms in total. The number of carbonyl (C=O) groups is 2. The number of carbonyl (C=O) groups excluding carboxylic acids is 2. The Kier molecular flexibility index (Phi) is 6.23. The minimum absolute atomic E-state index is 0.115. The Morgan fingerprint density at radius 1 is 1.43 bits per heavy atom. The molecule has 0 aliphatic carbocycles. The Bertz CT molecular complexity index is 252. The number of rotatable bonds is 5. The van der Waals surface area contributed by atoms with Crippen LogP contribution in [0.25, 0.3) is 0 Å². The number of halogens is 2. The summed E-state index contributed by atoms with van der Waals surface area (Å²) in [5.41, 5.74) is -0.552. The van der Waals surface area contributed by atoms with Gasteiger partial charge in [-0.25, -0.2) is 4.79 Å². The van der Waals surface area contributed by atoms with E-state index in [9.17, 15) is 9.59 Å². The van der Waals surface area contributed by atoms with Crippen molar-refractivity contribution in [2.45, 2.75) is 11.8 Å². The SMILES string of the molecule is CCOC(=O)C(=NOC)C(=O)C(Cl)Cl. The Balaban J connectivity index is 4.69. The van der Waals surface area contributed by atoms with E-state index in [-0.39, 0.29) is 6.61 Å². The minimum atomic E-state index is -1.37. The quantitative estimate of drug-likeness (QED) is 0.236. The third-order valence-corrected chi connectivity index (χ3v) is 1.48. The number of ether oxygens (including phenoxy) is 1. The Morgan fingerprint density at radius 2 is 2.00 bits per heavy atom. The van der Waals surface area contributed by atoms with E-state index in [0.29, 0.717) is 0 Å². The fourth-order valence-electron chi connectivity index (χ4n) is 0.577. The van der Waals surface area contributed by atoms with Gasteiger partial charge < -0.3 is 9.57 Å². The maximum Gasteiger partial charge on any atom is 0.364 e. The van der Waals surface area contributed by atoms with Gasteiger partial charge in [-0.1, -0.05) is 28.4 Å². The number of ketones is 1. The number of nitrogens with zero attached hydrogens (tertiary/aromatic N) is 1. The molecule has 0 saturated carbocycles. The number of hydrogen-bond acceptors (Lipinski definition) is 5. The first kappa shape index (κ1) is 13.2. The Morgan fingerprint density at radius 3 is 2.36 bits per heavy atom. The predicted octanol–water partition coefficient (Wildman–Crippen LogP) is 0.925. The van der Waals surface area contributed by atoms with Crippen molar-refractivity contribution >= 4 is 40.7 Å². The fourth-order valence-corrected chi connectivity index (χ4v) is 0.784. The molecule has 0 aromatic heterocycles. The summed E-state index contributed by atoms with van der Waals surface area (Å²) in [5.74, 6) is -1.76. The zero-order valence-corrected chi connectivity index (χ0v) is 9.13. The molecule has 0 rings (SSSR count). The highest BCUT2D eigenvalue weighted by molar-refractivity contribution is 6.74. The second-order valence-electron chi connectivity index (χ2n) is 2.01. The molecular weight excluding hydrogens is 233 g/mol. The van der Waals surface area contributed by atoms with Gasteiger partial charge in [0.2, 0.25) is 11.5 Å². The van der Waals surface area contributed by atoms with Crippen LogP contribution < -0.4 is 0 Å². The molecule has 0 atom stereocenters. The molecule has 0 fully saturated rings. The molecule has 0 radical (unpaired) electrons. The van der Waals surface area contributed by atoms with Gasteiger partial charge in [0.15, 0.2) is 4.84 Å². The summed E-state index contributed by atoms with van der Waals surface area (Å²) in [4.78, 5) is 25.2. The monoisotopic (exact) mass is 241 g/mol. The summed E-state index contributed by atoms with van der Waals surface area (Å²) in [6.07, 6.45) is 0. The molecule has 0 unspecified atom stereocenters. The molecule has 0 spiro atoms. The molecule has 0 saturated heterocycles. The van der Waals surface area contributed by atoms with Crippen molar-refractivity contribution in [2.24, 2.45) is 5.16 Å². The van der Waals surface area contributed by atoms with Gasteiger partial charge in [-0.3, -0.25) is 4.79 Å². The number of Topliss-reactive ketones (excluding diaryl/α,β-unsaturated/α-hetero) is 1. The molecule has 80 valence electrons. The summed E-state index contributed by atoms with van der Waals surface area (Å²) in [6.45, 7) is 1.70. The highest BCUT2D eigenvalue weighted by Crippen LogP contribution is 2.05. The smallest absolute Gasteiger partial charge is 0.364 e. The number of oxime groups is 1. The van der Waals surface area contributed by atoms with Crippen LogP contribution in [-0.4, -0.2) is 36.0 Å². The molecule has 0 aliphatic heterocycles. The summed E-state index contributed by atoms with van der Waals surface area (Å²) in [6, 6.07) is 0. The second kappa shape index (κ2) is 6.62. The van der Waals surface area contributed by atoms with Crippen molar-refractivity contribution < 1.29 is 19.2 Å². The lowest BCUT2D eigenvalue weighted by molar-refractivity contribution is -0.135. The van der Waals surface area contributed by atoms with Crippen LogP contribution in [0.3, 0.4) is 0 Å². The molecule has 7 heteroatoms. The average Bonchev–Trinajstić information content (AvgIpc) is 2.13. The molecule has 14 heavy (non-hydrogen) atoms. The fraction of sp³-hybridized carbons (Fsp3) is 0.571. The van der Waals surface area contributed by atoms with Crippen molar-refractivity contribution in [2.75, 3.05) is 13.7 Å². The first-order valence-electron chi connectivity index (χ1n) is 3.65. The molecule has 0 aromatic rings. The first-order chi connectivity index (χ1) is 6.54. The molecular formula is C7H9Cl2NO4. The first-order valence-corrected chi connectivity index (χ1v) is 4.52. The summed E-state index contributed by atoms with van der Waals surface area (Å²) in [5, 5.41) is 3.19. The van der Waals surface area contributed by atoms with Crippen LogP contribution in [-0.2, 0) is 19.2 Å². The number of alkyl halides is 2. The van der Waals surface area contributed by atoms with Gasteiger partial charge in [-0.2, -0.15) is 0 Å². The molecule has 0 heterocycles. The van der Waals surface area contributed by atoms with Crippen molar-refractivity contribution in [3.8, 4) is 0 Å². The zero-order chi connectivity index (χ0) is 11.1. The van der Waals surface area contributed by atoms with E-state index in [1.807, 2.05) is 0 Å². The van der Waals surface area contributed by atoms with Crippen LogP contribution in [0, 0.1) is 0 Å². The Hall–Kier alpha value is -0.810. The van der Waals surface area contributed by atoms with E-state index in [1.54, 1.807) is 6.92 Å². The average molecular weight is 242 g/mol. The normalized spacial score (nSPS) is 11.4. The lowest BCUT2D eigenvalue weighted by Gasteiger charge is -2.03. The van der Waals surface area contributed by atoms with Crippen molar-refractivity contribution in [1.29, 1.82) is 0 Å². The summed E-state index contributed by atoms with van der Waals surface area (Å²) >= 11 is 10.5. The third-order valence-electron chi connectivity index (χ3n) is 1.08. The molecule has 0 aliphatic rings. The predicted molar refractivity (Wildman–Crippen MR) is 51.6 cm³/mol. The van der Waals surface area contributed by atoms with Crippen LogP contribution in [0.2, 0.25) is 0 Å². The van der Waals surface area contributed by atoms with Crippen molar-refractivity contribution in [1.82, 2.24) is 0 Å². The van der Waals surface area contributed by atoms with Crippen LogP contribution in [0.1, 0.15) is 6.92 Å². The highest BCUT2D eigenvalue weighted by Gasteiger charge is 2.27. The lowest BCUT2D eigenvalue weighted by Crippen LogP contribution is -2.30. The topological polar surface area (TPSA) is 65.0 Å². The minimum Gasteiger partial charge on any atom is -0.461 e. The maximum absolute atomic E-state index is 11.2. The van der Waals surface area contributed by atoms with Gasteiger partial charge in [0.25, 0.3) is 0 Å². The lowest BCUT2D eigenvalue weighted by atomic mass is 10.3. The van der Waals surface area contributed by atoms with Crippen LogP contribution in [0.15, 0.2) is 5.16 Å². The van der Waals surface area contributed by atoms with Gasteiger partial charge in [0.1, 0.15) is 7.11 Å². The van der Waals surface area contributed by atoms with E-state index in [2.05, 4.69) is 14.7 Å². The van der Waals surface area contributed by atoms with E-state index >= 15 is 0 Å². The van der Waals surface area contributed by atoms with Gasteiger partial charge in [0.05, 0.1) is 6.61 Å². The van der Waals surface area contributed by atoms with Crippen LogP contribution in [0.5, 0.6) is 0 Å². The summed E-state index contributed by atoms with van der Waals surface area (Å²) in [7, 11) is 1.18. The van der Waals surface area contributed by atoms with Gasteiger partial charge in [-0.05, 0) is 6.92 Å². The molecule has 0 N–H and O–H groups in total. The van der Waals surface area contributed by atoms with E-state index in [1.165, 1.54) is 7.11 Å². The van der Waals surface area contributed by atoms with Crippen molar-refractivity contribution in [3.63, 3.8) is 0 Å². The van der Waals surface area contributed by atoms with Crippen molar-refractivity contribution in [3.05, 3.63) is 0 Å². The molecule has 0 aromatic carbocycles. The maximum atomic E-state index is 11.2. The third kappa shape index (κ3) is 3.93. The van der Waals surface area contributed by atoms with Gasteiger partial charge >= 0.3 is 5.97 Å². The van der Waals surface area contributed by atoms with Gasteiger partial charge in [-0.15, -0.1) is 0 Å². The number of esters is 1. The Labute approximate surface area is 90.9 Å². The molecule has 0 bridgehead atoms. The van der Waals surface area contributed by atoms with E-state index in [4.69, 9.17) is 23.2 Å². The van der Waals surface area contributed by atoms with Crippen LogP contribution >= 0.6 is 23.2 Å². The highest BCUT2D eigenvalue weighted by atomic mass is 35.5. The largest absolute Gasteiger partial charge is 0.461 e. The second-order valence-corrected chi connectivity index (χ2v) is 3.10. The molecule has 0 amide bonds. The standard InChI is InChI=1S/C7H9Cl2NO4/c1-3-14-7(12)4(10-13-2)5(11)6(8)9/h6H,3H2,1-2H3. The summed E-state index contributed by atoms with van der Waals surface area (Å²) < 4.78 is 4.54.